The van der Waals surface area contributed by atoms with Gasteiger partial charge in [-0.1, -0.05) is 13.8 Å². The molecule has 20 nitrogen and oxygen atoms in total. The van der Waals surface area contributed by atoms with Gasteiger partial charge in [0.1, 0.15) is 24.7 Å². The molecule has 9 N–H and O–H groups in total. The molecule has 0 bridgehead atoms. The minimum absolute atomic E-state index is 0. The third-order valence-corrected chi connectivity index (χ3v) is 11.1. The summed E-state index contributed by atoms with van der Waals surface area (Å²) in [5.74, 6) is -0.328. The number of nitro groups is 2. The van der Waals surface area contributed by atoms with Crippen LogP contribution in [0.15, 0.2) is 12.4 Å². The summed E-state index contributed by atoms with van der Waals surface area (Å²) in [7, 11) is 0. The Bertz CT molecular complexity index is 1710. The van der Waals surface area contributed by atoms with E-state index in [0.29, 0.717) is 77.4 Å². The fraction of sp³-hybridized carbons (Fsp3) is 0.706. The van der Waals surface area contributed by atoms with Crippen LogP contribution in [0.25, 0.3) is 0 Å². The molecule has 4 heterocycles. The fourth-order valence-electron chi connectivity index (χ4n) is 6.71. The van der Waals surface area contributed by atoms with E-state index < -0.39 is 39.1 Å². The number of carbonyl (C=O) groups excluding carboxylic acids is 2. The van der Waals surface area contributed by atoms with Crippen LogP contribution in [0.5, 0.6) is 0 Å². The molecule has 4 fully saturated rings. The van der Waals surface area contributed by atoms with Crippen molar-refractivity contribution in [3.63, 3.8) is 0 Å². The average molecular weight is 866 g/mol. The van der Waals surface area contributed by atoms with Crippen LogP contribution in [0, 0.1) is 31.1 Å². The molecule has 58 heavy (non-hydrogen) atoms. The first-order valence-electron chi connectivity index (χ1n) is 18.7. The quantitative estimate of drug-likeness (QED) is 0.111. The molecule has 24 heteroatoms. The van der Waals surface area contributed by atoms with Crippen LogP contribution in [-0.2, 0) is 19.1 Å². The summed E-state index contributed by atoms with van der Waals surface area (Å²) in [6.45, 7) is 4.90. The van der Waals surface area contributed by atoms with Crippen molar-refractivity contribution in [1.82, 2.24) is 19.9 Å². The minimum Gasteiger partial charge on any atom is -0.378 e. The highest BCUT2D eigenvalue weighted by Gasteiger charge is 2.38. The molecule has 2 saturated carbocycles. The summed E-state index contributed by atoms with van der Waals surface area (Å²) in [6, 6.07) is -0.884. The Labute approximate surface area is 344 Å². The van der Waals surface area contributed by atoms with Crippen molar-refractivity contribution in [2.24, 2.45) is 28.0 Å². The van der Waals surface area contributed by atoms with Gasteiger partial charge in [-0.15, -0.1) is 12.4 Å². The maximum atomic E-state index is 13.9. The minimum atomic E-state index is -1.20. The van der Waals surface area contributed by atoms with E-state index >= 15 is 0 Å². The van der Waals surface area contributed by atoms with Crippen molar-refractivity contribution in [2.45, 2.75) is 115 Å². The van der Waals surface area contributed by atoms with Gasteiger partial charge in [0.05, 0.1) is 29.1 Å². The summed E-state index contributed by atoms with van der Waals surface area (Å²) >= 11 is 5.68. The molecule has 2 saturated heterocycles. The molecule has 0 aromatic carbocycles. The van der Waals surface area contributed by atoms with Crippen molar-refractivity contribution in [2.75, 3.05) is 42.4 Å². The normalized spacial score (nSPS) is 29.3. The van der Waals surface area contributed by atoms with Crippen LogP contribution in [0.3, 0.4) is 0 Å². The molecule has 2 amide bonds. The number of amides is 2. The first kappa shape index (κ1) is 48.0. The molecule has 2 aromatic rings. The van der Waals surface area contributed by atoms with E-state index in [1.165, 1.54) is 0 Å². The zero-order valence-corrected chi connectivity index (χ0v) is 33.8. The molecule has 324 valence electrons. The standard InChI is InChI=1S/C17H25FN6O4.C12H16ClN5O3.C5H10FNO.ClH/c1-17(15(19)25)5-2-10(3-6-17)21-14-13(24(26)27)8-20-16(23-14)22-12-4-7-28-9-11(12)18;1-12(10(14)19)4-2-7(3-5-12)16-9-8(18(20)21)6-15-11(13)17-9;6-4-3-8-2-1-5(4)7;/h8,10-12H,2-7,9H2,1H3,(H2,19,25)(H2,20,21,22,23);6-7H,2-5H2,1H3,(H2,14,19)(H,15,16,17);4-5H,1-3,7H2;1H/t10?,11-,12-,17?;;4-,5-;/m1.1./s1. The van der Waals surface area contributed by atoms with Crippen molar-refractivity contribution < 1.29 is 37.7 Å². The lowest BCUT2D eigenvalue weighted by Crippen LogP contribution is -2.41. The summed E-state index contributed by atoms with van der Waals surface area (Å²) in [4.78, 5) is 59.8. The van der Waals surface area contributed by atoms with Gasteiger partial charge in [-0.3, -0.25) is 29.8 Å². The monoisotopic (exact) mass is 864 g/mol. The predicted molar refractivity (Wildman–Crippen MR) is 212 cm³/mol. The summed E-state index contributed by atoms with van der Waals surface area (Å²) < 4.78 is 36.1. The Morgan fingerprint density at radius 1 is 0.776 bits per heavy atom. The van der Waals surface area contributed by atoms with Gasteiger partial charge in [0.15, 0.2) is 0 Å². The number of nitrogens with one attached hydrogen (secondary N) is 3. The number of aromatic nitrogens is 4. The van der Waals surface area contributed by atoms with Crippen molar-refractivity contribution >= 4 is 64.8 Å². The molecule has 4 aliphatic rings. The molecule has 2 aliphatic heterocycles. The van der Waals surface area contributed by atoms with Crippen LogP contribution >= 0.6 is 24.0 Å². The Balaban J connectivity index is 0.000000263. The van der Waals surface area contributed by atoms with Crippen LogP contribution in [0.2, 0.25) is 5.28 Å². The van der Waals surface area contributed by atoms with Gasteiger partial charge in [0.25, 0.3) is 0 Å². The van der Waals surface area contributed by atoms with Crippen molar-refractivity contribution in [1.29, 1.82) is 0 Å². The molecule has 0 unspecified atom stereocenters. The van der Waals surface area contributed by atoms with E-state index in [2.05, 4.69) is 35.9 Å². The number of primary amides is 2. The zero-order valence-electron chi connectivity index (χ0n) is 32.2. The Hall–Kier alpha value is -4.38. The maximum absolute atomic E-state index is 13.9. The molecular formula is C34H52Cl2F2N12O8. The molecule has 0 spiro atoms. The number of hydrogen-bond acceptors (Lipinski definition) is 16. The maximum Gasteiger partial charge on any atom is 0.329 e. The van der Waals surface area contributed by atoms with Crippen molar-refractivity contribution in [3.05, 3.63) is 37.9 Å². The lowest BCUT2D eigenvalue weighted by molar-refractivity contribution is -0.384. The zero-order chi connectivity index (χ0) is 41.9. The van der Waals surface area contributed by atoms with E-state index in [4.69, 9.17) is 38.3 Å². The lowest BCUT2D eigenvalue weighted by atomic mass is 9.73. The van der Waals surface area contributed by atoms with E-state index in [-0.39, 0.29) is 89.8 Å². The van der Waals surface area contributed by atoms with E-state index in [0.717, 1.165) is 12.4 Å². The van der Waals surface area contributed by atoms with Crippen LogP contribution in [-0.4, -0.2) is 105 Å². The van der Waals surface area contributed by atoms with Gasteiger partial charge in [-0.05, 0) is 75.8 Å². The molecule has 6 rings (SSSR count). The molecule has 0 radical (unpaired) electrons. The number of nitrogens with zero attached hydrogens (tertiary/aromatic N) is 6. The van der Waals surface area contributed by atoms with Gasteiger partial charge >= 0.3 is 11.4 Å². The number of hydrogen-bond donors (Lipinski definition) is 6. The first-order valence-corrected chi connectivity index (χ1v) is 19.1. The van der Waals surface area contributed by atoms with Crippen molar-refractivity contribution in [3.8, 4) is 0 Å². The van der Waals surface area contributed by atoms with E-state index in [1.54, 1.807) is 0 Å². The van der Waals surface area contributed by atoms with Gasteiger partial charge in [-0.25, -0.2) is 18.7 Å². The fourth-order valence-corrected chi connectivity index (χ4v) is 6.84. The number of alkyl halides is 2. The number of halogens is 4. The highest BCUT2D eigenvalue weighted by atomic mass is 35.5. The smallest absolute Gasteiger partial charge is 0.329 e. The highest BCUT2D eigenvalue weighted by molar-refractivity contribution is 6.28. The summed E-state index contributed by atoms with van der Waals surface area (Å²) in [5, 5.41) is 31.2. The third-order valence-electron chi connectivity index (χ3n) is 10.9. The molecule has 2 aromatic heterocycles. The second kappa shape index (κ2) is 21.6. The number of rotatable bonds is 10. The Morgan fingerprint density at radius 2 is 1.22 bits per heavy atom. The van der Waals surface area contributed by atoms with Crippen LogP contribution in [0.4, 0.5) is 37.7 Å². The number of carbonyl (C=O) groups is 2. The summed E-state index contributed by atoms with van der Waals surface area (Å²) in [5.41, 5.74) is 14.7. The van der Waals surface area contributed by atoms with Crippen LogP contribution in [0.1, 0.15) is 78.1 Å². The number of anilines is 3. The van der Waals surface area contributed by atoms with Gasteiger partial charge in [0, 0.05) is 42.2 Å². The Morgan fingerprint density at radius 3 is 1.64 bits per heavy atom. The van der Waals surface area contributed by atoms with E-state index in [9.17, 15) is 38.6 Å². The predicted octanol–water partition coefficient (Wildman–Crippen LogP) is 4.15. The SMILES string of the molecule is CC1(C(N)=O)CCC(Nc2nc(Cl)ncc2[N+](=O)[O-])CC1.CC1(C(N)=O)CCC(Nc2nc(N[C@@H]3CCOC[C@H]3F)ncc2[N+](=O)[O-])CC1.Cl.N[C@@H]1CCOC[C@H]1F. The highest BCUT2D eigenvalue weighted by Crippen LogP contribution is 2.38. The number of ether oxygens (including phenoxy) is 2. The second-order valence-electron chi connectivity index (χ2n) is 15.2. The van der Waals surface area contributed by atoms with Gasteiger partial charge < -0.3 is 42.6 Å². The number of nitrogens with two attached hydrogens (primary N) is 3. The van der Waals surface area contributed by atoms with E-state index in [1.807, 2.05) is 13.8 Å². The molecular weight excluding hydrogens is 813 g/mol. The second-order valence-corrected chi connectivity index (χ2v) is 15.5. The lowest BCUT2D eigenvalue weighted by Gasteiger charge is -2.35. The molecule has 4 atom stereocenters. The topological polar surface area (TPSA) is 305 Å². The molecule has 2 aliphatic carbocycles. The van der Waals surface area contributed by atoms with Gasteiger partial charge in [-0.2, -0.15) is 9.97 Å². The third kappa shape index (κ3) is 13.3. The van der Waals surface area contributed by atoms with Crippen LogP contribution < -0.4 is 33.2 Å². The average Bonchev–Trinajstić information content (AvgIpc) is 3.16. The first-order chi connectivity index (χ1) is 26.9. The largest absolute Gasteiger partial charge is 0.378 e. The summed E-state index contributed by atoms with van der Waals surface area (Å²) in [6.07, 6.45) is 6.23. The Kier molecular flexibility index (Phi) is 17.9. The van der Waals surface area contributed by atoms with Gasteiger partial charge in [0.2, 0.25) is 34.7 Å².